The summed E-state index contributed by atoms with van der Waals surface area (Å²) in [6.07, 6.45) is 4.15. The number of unbranched alkanes of at least 4 members (excludes halogenated alkanes) is 2. The molecule has 1 unspecified atom stereocenters. The Morgan fingerprint density at radius 1 is 1.17 bits per heavy atom. The van der Waals surface area contributed by atoms with Gasteiger partial charge in [-0.25, -0.2) is 0 Å². The van der Waals surface area contributed by atoms with Gasteiger partial charge in [0.2, 0.25) is 0 Å². The third-order valence-corrected chi connectivity index (χ3v) is 4.86. The van der Waals surface area contributed by atoms with E-state index in [1.54, 1.807) is 24.4 Å². The van der Waals surface area contributed by atoms with Gasteiger partial charge >= 0.3 is 0 Å². The third-order valence-electron chi connectivity index (χ3n) is 4.86. The maximum atomic E-state index is 12.8. The summed E-state index contributed by atoms with van der Waals surface area (Å²) >= 11 is 0. The highest BCUT2D eigenvalue weighted by atomic mass is 16.6. The van der Waals surface area contributed by atoms with Gasteiger partial charge in [0.15, 0.2) is 0 Å². The van der Waals surface area contributed by atoms with Crippen molar-refractivity contribution in [1.82, 2.24) is 9.88 Å². The Balaban J connectivity index is 2.08. The van der Waals surface area contributed by atoms with E-state index in [1.165, 1.54) is 29.2 Å². The minimum absolute atomic E-state index is 0.0564. The van der Waals surface area contributed by atoms with Crippen LogP contribution in [0.1, 0.15) is 43.5 Å². The highest BCUT2D eigenvalue weighted by Crippen LogP contribution is 2.38. The van der Waals surface area contributed by atoms with Gasteiger partial charge < -0.3 is 10.0 Å². The van der Waals surface area contributed by atoms with Gasteiger partial charge in [0.05, 0.1) is 16.2 Å². The number of aromatic nitrogens is 1. The molecule has 2 aromatic rings. The molecule has 0 bridgehead atoms. The van der Waals surface area contributed by atoms with Crippen molar-refractivity contribution in [2.24, 2.45) is 0 Å². The molecule has 8 nitrogen and oxygen atoms in total. The molecular formula is C21H21N3O5. The zero-order valence-electron chi connectivity index (χ0n) is 15.9. The number of likely N-dealkylation sites (tertiary alicyclic amines) is 1. The molecule has 1 aromatic heterocycles. The van der Waals surface area contributed by atoms with Crippen LogP contribution >= 0.6 is 0 Å². The SMILES string of the molecule is CCCCCN1C(=O)C(=O)/C(=C(\O)c2ccc([N+](=O)[O-])cc2)C1c1ccccn1. The summed E-state index contributed by atoms with van der Waals surface area (Å²) in [7, 11) is 0. The molecule has 0 saturated carbocycles. The normalized spacial score (nSPS) is 18.2. The second kappa shape index (κ2) is 8.64. The van der Waals surface area contributed by atoms with Crippen molar-refractivity contribution in [2.45, 2.75) is 32.2 Å². The number of aliphatic hydroxyl groups excluding tert-OH is 1. The van der Waals surface area contributed by atoms with E-state index in [-0.39, 0.29) is 22.6 Å². The number of hydrogen-bond donors (Lipinski definition) is 1. The summed E-state index contributed by atoms with van der Waals surface area (Å²) in [4.78, 5) is 41.5. The summed E-state index contributed by atoms with van der Waals surface area (Å²) < 4.78 is 0. The number of pyridine rings is 1. The van der Waals surface area contributed by atoms with Crippen molar-refractivity contribution in [3.8, 4) is 0 Å². The minimum Gasteiger partial charge on any atom is -0.507 e. The van der Waals surface area contributed by atoms with Gasteiger partial charge in [-0.2, -0.15) is 0 Å². The second-order valence-electron chi connectivity index (χ2n) is 6.76. The van der Waals surface area contributed by atoms with Crippen molar-refractivity contribution in [3.05, 3.63) is 75.6 Å². The molecule has 29 heavy (non-hydrogen) atoms. The van der Waals surface area contributed by atoms with Crippen LogP contribution in [0.5, 0.6) is 0 Å². The van der Waals surface area contributed by atoms with E-state index in [0.29, 0.717) is 12.2 Å². The predicted octanol–water partition coefficient (Wildman–Crippen LogP) is 3.60. The molecule has 2 heterocycles. The molecule has 1 atom stereocenters. The fraction of sp³-hybridized carbons (Fsp3) is 0.286. The summed E-state index contributed by atoms with van der Waals surface area (Å²) in [5.74, 6) is -1.83. The number of rotatable bonds is 7. The summed E-state index contributed by atoms with van der Waals surface area (Å²) in [6, 6.07) is 9.56. The molecule has 3 rings (SSSR count). The van der Waals surface area contributed by atoms with Crippen molar-refractivity contribution in [1.29, 1.82) is 0 Å². The van der Waals surface area contributed by atoms with Gasteiger partial charge in [-0.3, -0.25) is 24.7 Å². The lowest BCUT2D eigenvalue weighted by molar-refractivity contribution is -0.384. The van der Waals surface area contributed by atoms with Crippen molar-refractivity contribution >= 4 is 23.1 Å². The predicted molar refractivity (Wildman–Crippen MR) is 106 cm³/mol. The molecule has 1 fully saturated rings. The topological polar surface area (TPSA) is 114 Å². The van der Waals surface area contributed by atoms with Gasteiger partial charge in [0.25, 0.3) is 17.4 Å². The maximum Gasteiger partial charge on any atom is 0.295 e. The Hall–Kier alpha value is -3.55. The van der Waals surface area contributed by atoms with Crippen LogP contribution in [0, 0.1) is 10.1 Å². The van der Waals surface area contributed by atoms with E-state index >= 15 is 0 Å². The molecule has 1 N–H and O–H groups in total. The van der Waals surface area contributed by atoms with Crippen molar-refractivity contribution in [2.75, 3.05) is 6.54 Å². The smallest absolute Gasteiger partial charge is 0.295 e. The lowest BCUT2D eigenvalue weighted by atomic mass is 9.98. The Morgan fingerprint density at radius 3 is 2.48 bits per heavy atom. The first kappa shape index (κ1) is 20.2. The molecule has 150 valence electrons. The van der Waals surface area contributed by atoms with Crippen LogP contribution in [0.15, 0.2) is 54.2 Å². The first-order chi connectivity index (χ1) is 14.0. The monoisotopic (exact) mass is 395 g/mol. The summed E-state index contributed by atoms with van der Waals surface area (Å²) in [5.41, 5.74) is 0.511. The zero-order valence-corrected chi connectivity index (χ0v) is 15.9. The van der Waals surface area contributed by atoms with E-state index in [1.807, 2.05) is 6.92 Å². The fourth-order valence-corrected chi connectivity index (χ4v) is 3.38. The molecular weight excluding hydrogens is 374 g/mol. The van der Waals surface area contributed by atoms with Crippen molar-refractivity contribution in [3.63, 3.8) is 0 Å². The van der Waals surface area contributed by atoms with Crippen LogP contribution in [0.2, 0.25) is 0 Å². The first-order valence-electron chi connectivity index (χ1n) is 9.39. The minimum atomic E-state index is -0.803. The van der Waals surface area contributed by atoms with E-state index in [9.17, 15) is 24.8 Å². The highest BCUT2D eigenvalue weighted by Gasteiger charge is 2.46. The summed E-state index contributed by atoms with van der Waals surface area (Å²) in [5, 5.41) is 21.7. The molecule has 0 radical (unpaired) electrons. The molecule has 0 spiro atoms. The number of carbonyl (C=O) groups excluding carboxylic acids is 2. The molecule has 8 heteroatoms. The number of benzene rings is 1. The molecule has 1 amide bonds. The van der Waals surface area contributed by atoms with E-state index < -0.39 is 22.7 Å². The van der Waals surface area contributed by atoms with Crippen LogP contribution in [0.25, 0.3) is 5.76 Å². The van der Waals surface area contributed by atoms with Crippen LogP contribution in [0.3, 0.4) is 0 Å². The highest BCUT2D eigenvalue weighted by molar-refractivity contribution is 6.46. The summed E-state index contributed by atoms with van der Waals surface area (Å²) in [6.45, 7) is 2.41. The third kappa shape index (κ3) is 4.01. The van der Waals surface area contributed by atoms with Gasteiger partial charge in [-0.05, 0) is 30.7 Å². The number of nitro benzene ring substituents is 1. The van der Waals surface area contributed by atoms with Crippen molar-refractivity contribution < 1.29 is 19.6 Å². The fourth-order valence-electron chi connectivity index (χ4n) is 3.38. The maximum absolute atomic E-state index is 12.8. The zero-order chi connectivity index (χ0) is 21.0. The van der Waals surface area contributed by atoms with Crippen LogP contribution < -0.4 is 0 Å². The number of nitro groups is 1. The van der Waals surface area contributed by atoms with Crippen LogP contribution in [-0.2, 0) is 9.59 Å². The van der Waals surface area contributed by atoms with Gasteiger partial charge in [0.1, 0.15) is 11.8 Å². The number of aliphatic hydroxyl groups is 1. The number of amides is 1. The van der Waals surface area contributed by atoms with Crippen LogP contribution in [-0.4, -0.2) is 38.1 Å². The Kier molecular flexibility index (Phi) is 6.01. The van der Waals surface area contributed by atoms with Gasteiger partial charge in [-0.1, -0.05) is 25.8 Å². The standard InChI is InChI=1S/C21H21N3O5/c1-2-3-6-13-23-18(16-7-4-5-12-22-16)17(20(26)21(23)27)19(25)14-8-10-15(11-9-14)24(28)29/h4-5,7-12,18,25H,2-3,6,13H2,1H3/b19-17-. The number of ketones is 1. The Labute approximate surface area is 167 Å². The number of nitrogens with zero attached hydrogens (tertiary/aromatic N) is 3. The average molecular weight is 395 g/mol. The van der Waals surface area contributed by atoms with E-state index in [0.717, 1.165) is 19.3 Å². The number of carbonyl (C=O) groups is 2. The molecule has 1 aliphatic heterocycles. The molecule has 0 aliphatic carbocycles. The molecule has 1 aromatic carbocycles. The first-order valence-corrected chi connectivity index (χ1v) is 9.39. The lowest BCUT2D eigenvalue weighted by Gasteiger charge is -2.24. The quantitative estimate of drug-likeness (QED) is 0.191. The largest absolute Gasteiger partial charge is 0.507 e. The van der Waals surface area contributed by atoms with Gasteiger partial charge in [0, 0.05) is 30.4 Å². The van der Waals surface area contributed by atoms with E-state index in [2.05, 4.69) is 4.98 Å². The molecule has 1 aliphatic rings. The Bertz CT molecular complexity index is 954. The lowest BCUT2D eigenvalue weighted by Crippen LogP contribution is -2.31. The van der Waals surface area contributed by atoms with E-state index in [4.69, 9.17) is 0 Å². The molecule has 1 saturated heterocycles. The number of hydrogen-bond acceptors (Lipinski definition) is 6. The number of non-ortho nitro benzene ring substituents is 1. The average Bonchev–Trinajstić information content (AvgIpc) is 2.99. The van der Waals surface area contributed by atoms with Crippen LogP contribution in [0.4, 0.5) is 5.69 Å². The Morgan fingerprint density at radius 2 is 1.90 bits per heavy atom. The van der Waals surface area contributed by atoms with Gasteiger partial charge in [-0.15, -0.1) is 0 Å². The second-order valence-corrected chi connectivity index (χ2v) is 6.76. The number of Topliss-reactive ketones (excluding diaryl/α,β-unsaturated/α-hetero) is 1.